The number of amides is 2. The Morgan fingerprint density at radius 1 is 1.07 bits per heavy atom. The van der Waals surface area contributed by atoms with Gasteiger partial charge in [-0.1, -0.05) is 0 Å². The molecule has 1 saturated heterocycles. The fraction of sp³-hybridized carbons (Fsp3) is 0.286. The van der Waals surface area contributed by atoms with Crippen LogP contribution >= 0.6 is 0 Å². The molecule has 0 unspecified atom stereocenters. The SMILES string of the molecule is Cn1ncc(C(=O)N2CCN(CC(=O)Nc3ccc(F)cc3)CC2)c1-n1cccc1. The van der Waals surface area contributed by atoms with E-state index in [1.807, 2.05) is 41.0 Å². The van der Waals surface area contributed by atoms with Crippen LogP contribution in [0.1, 0.15) is 10.4 Å². The summed E-state index contributed by atoms with van der Waals surface area (Å²) in [7, 11) is 1.81. The van der Waals surface area contributed by atoms with E-state index >= 15 is 0 Å². The van der Waals surface area contributed by atoms with Gasteiger partial charge in [0.15, 0.2) is 0 Å². The van der Waals surface area contributed by atoms with Crippen LogP contribution in [0.25, 0.3) is 5.82 Å². The summed E-state index contributed by atoms with van der Waals surface area (Å²) in [5, 5.41) is 7.01. The van der Waals surface area contributed by atoms with E-state index in [4.69, 9.17) is 0 Å². The number of aromatic nitrogens is 3. The van der Waals surface area contributed by atoms with Crippen molar-refractivity contribution in [3.05, 3.63) is 66.4 Å². The molecule has 1 aliphatic rings. The molecule has 9 heteroatoms. The second kappa shape index (κ2) is 8.50. The third-order valence-electron chi connectivity index (χ3n) is 5.14. The maximum absolute atomic E-state index is 13.1. The first-order valence-corrected chi connectivity index (χ1v) is 9.73. The topological polar surface area (TPSA) is 75.4 Å². The number of hydrogen-bond donors (Lipinski definition) is 1. The lowest BCUT2D eigenvalue weighted by molar-refractivity contribution is -0.117. The molecule has 0 spiro atoms. The van der Waals surface area contributed by atoms with Crippen LogP contribution in [0, 0.1) is 5.82 Å². The first-order chi connectivity index (χ1) is 14.5. The first kappa shape index (κ1) is 19.8. The molecule has 1 aromatic carbocycles. The Morgan fingerprint density at radius 3 is 2.40 bits per heavy atom. The lowest BCUT2D eigenvalue weighted by Gasteiger charge is -2.34. The van der Waals surface area contributed by atoms with Crippen molar-refractivity contribution >= 4 is 17.5 Å². The van der Waals surface area contributed by atoms with Crippen molar-refractivity contribution in [2.45, 2.75) is 0 Å². The van der Waals surface area contributed by atoms with Crippen molar-refractivity contribution < 1.29 is 14.0 Å². The van der Waals surface area contributed by atoms with E-state index in [0.29, 0.717) is 37.4 Å². The second-order valence-electron chi connectivity index (χ2n) is 7.22. The Hall–Kier alpha value is -3.46. The molecule has 0 radical (unpaired) electrons. The second-order valence-corrected chi connectivity index (χ2v) is 7.22. The zero-order valence-corrected chi connectivity index (χ0v) is 16.7. The summed E-state index contributed by atoms with van der Waals surface area (Å²) in [6.07, 6.45) is 5.36. The van der Waals surface area contributed by atoms with Crippen LogP contribution in [0.15, 0.2) is 55.0 Å². The average Bonchev–Trinajstić information content (AvgIpc) is 3.39. The van der Waals surface area contributed by atoms with Gasteiger partial charge in [0.2, 0.25) is 5.91 Å². The summed E-state index contributed by atoms with van der Waals surface area (Å²) in [5.41, 5.74) is 1.11. The molecule has 1 fully saturated rings. The van der Waals surface area contributed by atoms with Gasteiger partial charge in [-0.25, -0.2) is 4.39 Å². The van der Waals surface area contributed by atoms with Crippen molar-refractivity contribution in [1.29, 1.82) is 0 Å². The highest BCUT2D eigenvalue weighted by Crippen LogP contribution is 2.17. The monoisotopic (exact) mass is 410 g/mol. The molecule has 30 heavy (non-hydrogen) atoms. The van der Waals surface area contributed by atoms with Gasteiger partial charge >= 0.3 is 0 Å². The number of nitrogens with one attached hydrogen (secondary N) is 1. The average molecular weight is 410 g/mol. The molecule has 8 nitrogen and oxygen atoms in total. The Bertz CT molecular complexity index is 1020. The van der Waals surface area contributed by atoms with Gasteiger partial charge in [-0.05, 0) is 36.4 Å². The molecular formula is C21H23FN6O2. The molecule has 0 atom stereocenters. The largest absolute Gasteiger partial charge is 0.336 e. The standard InChI is InChI=1S/C21H23FN6O2/c1-25-20(27-8-2-3-9-27)18(14-23-25)21(30)28-12-10-26(11-13-28)15-19(29)24-17-6-4-16(22)5-7-17/h2-9,14H,10-13,15H2,1H3,(H,24,29). The number of piperazine rings is 1. The molecule has 3 aromatic rings. The number of anilines is 1. The number of aryl methyl sites for hydroxylation is 1. The van der Waals surface area contributed by atoms with Crippen LogP contribution in [-0.2, 0) is 11.8 Å². The summed E-state index contributed by atoms with van der Waals surface area (Å²) >= 11 is 0. The van der Waals surface area contributed by atoms with Crippen molar-refractivity contribution in [1.82, 2.24) is 24.1 Å². The third-order valence-corrected chi connectivity index (χ3v) is 5.14. The number of nitrogens with zero attached hydrogens (tertiary/aromatic N) is 5. The molecule has 3 heterocycles. The maximum atomic E-state index is 13.1. The van der Waals surface area contributed by atoms with Crippen molar-refractivity contribution in [3.63, 3.8) is 0 Å². The number of carbonyl (C=O) groups is 2. The van der Waals surface area contributed by atoms with Crippen LogP contribution in [0.4, 0.5) is 10.1 Å². The molecule has 4 rings (SSSR count). The van der Waals surface area contributed by atoms with E-state index in [1.54, 1.807) is 15.8 Å². The predicted molar refractivity (Wildman–Crippen MR) is 110 cm³/mol. The van der Waals surface area contributed by atoms with Gasteiger partial charge in [0.05, 0.1) is 12.7 Å². The van der Waals surface area contributed by atoms with E-state index in [-0.39, 0.29) is 24.2 Å². The molecule has 0 saturated carbocycles. The molecule has 0 aliphatic carbocycles. The summed E-state index contributed by atoms with van der Waals surface area (Å²) in [5.74, 6) is 0.152. The Labute approximate surface area is 173 Å². The number of benzene rings is 1. The fourth-order valence-electron chi connectivity index (χ4n) is 3.58. The quantitative estimate of drug-likeness (QED) is 0.695. The Morgan fingerprint density at radius 2 is 1.73 bits per heavy atom. The highest BCUT2D eigenvalue weighted by atomic mass is 19.1. The van der Waals surface area contributed by atoms with E-state index in [1.165, 1.54) is 24.3 Å². The van der Waals surface area contributed by atoms with Crippen LogP contribution in [0.3, 0.4) is 0 Å². The van der Waals surface area contributed by atoms with Gasteiger partial charge in [-0.3, -0.25) is 19.2 Å². The van der Waals surface area contributed by atoms with Gasteiger partial charge in [-0.2, -0.15) is 5.10 Å². The fourth-order valence-corrected chi connectivity index (χ4v) is 3.58. The van der Waals surface area contributed by atoms with Crippen molar-refractivity contribution in [2.75, 3.05) is 38.0 Å². The van der Waals surface area contributed by atoms with E-state index in [9.17, 15) is 14.0 Å². The summed E-state index contributed by atoms with van der Waals surface area (Å²) in [6, 6.07) is 9.47. The van der Waals surface area contributed by atoms with Gasteiger partial charge in [0.1, 0.15) is 17.2 Å². The molecule has 1 N–H and O–H groups in total. The number of carbonyl (C=O) groups excluding carboxylic acids is 2. The predicted octanol–water partition coefficient (Wildman–Crippen LogP) is 1.75. The van der Waals surface area contributed by atoms with Gasteiger partial charge in [0.25, 0.3) is 5.91 Å². The summed E-state index contributed by atoms with van der Waals surface area (Å²) < 4.78 is 16.5. The van der Waals surface area contributed by atoms with E-state index in [2.05, 4.69) is 10.4 Å². The molecule has 2 aromatic heterocycles. The highest BCUT2D eigenvalue weighted by molar-refractivity contribution is 5.97. The normalized spacial score (nSPS) is 14.7. The van der Waals surface area contributed by atoms with Crippen LogP contribution < -0.4 is 5.32 Å². The highest BCUT2D eigenvalue weighted by Gasteiger charge is 2.27. The lowest BCUT2D eigenvalue weighted by Crippen LogP contribution is -2.50. The summed E-state index contributed by atoms with van der Waals surface area (Å²) in [4.78, 5) is 29.1. The Balaban J connectivity index is 1.33. The van der Waals surface area contributed by atoms with Crippen molar-refractivity contribution in [3.8, 4) is 5.82 Å². The number of halogens is 1. The van der Waals surface area contributed by atoms with E-state index in [0.717, 1.165) is 5.82 Å². The molecule has 0 bridgehead atoms. The Kier molecular flexibility index (Phi) is 5.62. The smallest absolute Gasteiger partial charge is 0.259 e. The van der Waals surface area contributed by atoms with Crippen LogP contribution in [-0.4, -0.2) is 68.7 Å². The summed E-state index contributed by atoms with van der Waals surface area (Å²) in [6.45, 7) is 2.48. The number of rotatable bonds is 5. The first-order valence-electron chi connectivity index (χ1n) is 9.73. The van der Waals surface area contributed by atoms with Gasteiger partial charge in [-0.15, -0.1) is 0 Å². The molecular weight excluding hydrogens is 387 g/mol. The van der Waals surface area contributed by atoms with Gasteiger partial charge in [0, 0.05) is 51.3 Å². The van der Waals surface area contributed by atoms with Crippen LogP contribution in [0.5, 0.6) is 0 Å². The number of hydrogen-bond acceptors (Lipinski definition) is 4. The lowest BCUT2D eigenvalue weighted by atomic mass is 10.2. The van der Waals surface area contributed by atoms with Gasteiger partial charge < -0.3 is 14.8 Å². The van der Waals surface area contributed by atoms with E-state index < -0.39 is 0 Å². The van der Waals surface area contributed by atoms with Crippen molar-refractivity contribution in [2.24, 2.45) is 7.05 Å². The van der Waals surface area contributed by atoms with Crippen LogP contribution in [0.2, 0.25) is 0 Å². The molecule has 2 amide bonds. The minimum Gasteiger partial charge on any atom is -0.336 e. The zero-order chi connectivity index (χ0) is 21.1. The molecule has 156 valence electrons. The zero-order valence-electron chi connectivity index (χ0n) is 16.7. The minimum absolute atomic E-state index is 0.0674. The minimum atomic E-state index is -0.345. The maximum Gasteiger partial charge on any atom is 0.259 e. The molecule has 1 aliphatic heterocycles. The third kappa shape index (κ3) is 4.25.